The van der Waals surface area contributed by atoms with Crippen molar-refractivity contribution in [1.82, 2.24) is 10.3 Å². The minimum atomic E-state index is -3.05. The van der Waals surface area contributed by atoms with E-state index in [4.69, 9.17) is 4.74 Å². The van der Waals surface area contributed by atoms with Crippen LogP contribution in [-0.4, -0.2) is 35.6 Å². The zero-order valence-electron chi connectivity index (χ0n) is 18.7. The molecule has 2 aromatic rings. The molecule has 1 aromatic heterocycles. The zero-order valence-corrected chi connectivity index (χ0v) is 18.7. The lowest BCUT2D eigenvalue weighted by atomic mass is 9.85. The first kappa shape index (κ1) is 22.3. The number of halogens is 2. The first-order valence-corrected chi connectivity index (χ1v) is 10.7. The Labute approximate surface area is 186 Å². The average Bonchev–Trinajstić information content (AvgIpc) is 2.93. The number of carbonyl (C=O) groups is 2. The van der Waals surface area contributed by atoms with E-state index in [2.05, 4.69) is 10.3 Å². The van der Waals surface area contributed by atoms with Crippen LogP contribution in [0.5, 0.6) is 0 Å². The van der Waals surface area contributed by atoms with E-state index in [9.17, 15) is 18.4 Å². The summed E-state index contributed by atoms with van der Waals surface area (Å²) in [5, 5.41) is 3.10. The Bertz CT molecular complexity index is 1070. The molecule has 2 aliphatic rings. The summed E-state index contributed by atoms with van der Waals surface area (Å²) in [5.41, 5.74) is 0.131. The number of ether oxygens (including phenoxy) is 1. The molecular formula is C24H27F2N3O3. The fourth-order valence-electron chi connectivity index (χ4n) is 4.21. The van der Waals surface area contributed by atoms with Gasteiger partial charge in [0.2, 0.25) is 5.91 Å². The maximum atomic E-state index is 13.8. The van der Waals surface area contributed by atoms with Crippen LogP contribution < -0.4 is 10.2 Å². The molecule has 0 radical (unpaired) electrons. The number of nitrogens with zero attached hydrogens (tertiary/aromatic N) is 2. The van der Waals surface area contributed by atoms with Crippen molar-refractivity contribution < 1.29 is 23.1 Å². The molecule has 2 aliphatic heterocycles. The molecule has 6 nitrogen and oxygen atoms in total. The third kappa shape index (κ3) is 3.88. The summed E-state index contributed by atoms with van der Waals surface area (Å²) in [6, 6.07) is 7.51. The maximum Gasteiger partial charge on any atom is 0.270 e. The van der Waals surface area contributed by atoms with Crippen LogP contribution in [0.3, 0.4) is 0 Å². The van der Waals surface area contributed by atoms with Gasteiger partial charge in [-0.2, -0.15) is 0 Å². The number of aromatic nitrogens is 1. The summed E-state index contributed by atoms with van der Waals surface area (Å²) in [7, 11) is 0. The summed E-state index contributed by atoms with van der Waals surface area (Å²) in [4.78, 5) is 31.8. The van der Waals surface area contributed by atoms with E-state index in [1.54, 1.807) is 32.0 Å². The Hall–Kier alpha value is -2.87. The number of anilines is 2. The molecule has 1 saturated heterocycles. The molecule has 0 saturated carbocycles. The summed E-state index contributed by atoms with van der Waals surface area (Å²) in [6.45, 7) is 7.51. The van der Waals surface area contributed by atoms with Crippen molar-refractivity contribution in [2.75, 3.05) is 18.1 Å². The number of hydrogen-bond donors (Lipinski definition) is 1. The van der Waals surface area contributed by atoms with Gasteiger partial charge in [-0.25, -0.2) is 13.8 Å². The van der Waals surface area contributed by atoms with Crippen LogP contribution in [0.25, 0.3) is 0 Å². The van der Waals surface area contributed by atoms with Crippen LogP contribution >= 0.6 is 0 Å². The second-order valence-electron chi connectivity index (χ2n) is 9.42. The molecular weight excluding hydrogens is 416 g/mol. The molecule has 0 spiro atoms. The van der Waals surface area contributed by atoms with Crippen LogP contribution in [0.15, 0.2) is 36.5 Å². The third-order valence-corrected chi connectivity index (χ3v) is 6.40. The van der Waals surface area contributed by atoms with E-state index in [0.29, 0.717) is 30.0 Å². The molecule has 1 fully saturated rings. The van der Waals surface area contributed by atoms with E-state index in [1.807, 2.05) is 6.92 Å². The van der Waals surface area contributed by atoms with E-state index < -0.39 is 11.3 Å². The first-order chi connectivity index (χ1) is 14.9. The molecule has 4 rings (SSSR count). The van der Waals surface area contributed by atoms with E-state index in [-0.39, 0.29) is 28.7 Å². The van der Waals surface area contributed by atoms with Gasteiger partial charge in [-0.15, -0.1) is 0 Å². The highest BCUT2D eigenvalue weighted by Crippen LogP contribution is 2.45. The standard InChI is InChI=1S/C24H27F2N3O3/c1-22(2)17-13-15(20(30)28-23(3)8-11-32-12-9-23)5-6-18(17)29(21(22)31)19-14-16(7-10-27-19)24(4,25)26/h5-7,10,13-14H,8-9,11-12H2,1-4H3,(H,28,30). The number of rotatable bonds is 4. The molecule has 1 N–H and O–H groups in total. The molecule has 3 heterocycles. The van der Waals surface area contributed by atoms with Gasteiger partial charge in [-0.1, -0.05) is 0 Å². The van der Waals surface area contributed by atoms with Crippen molar-refractivity contribution in [3.8, 4) is 0 Å². The Morgan fingerprint density at radius 1 is 1.16 bits per heavy atom. The van der Waals surface area contributed by atoms with Crippen molar-refractivity contribution in [3.05, 3.63) is 53.2 Å². The van der Waals surface area contributed by atoms with E-state index in [0.717, 1.165) is 19.8 Å². The van der Waals surface area contributed by atoms with Crippen molar-refractivity contribution in [3.63, 3.8) is 0 Å². The second-order valence-corrected chi connectivity index (χ2v) is 9.42. The van der Waals surface area contributed by atoms with Crippen molar-refractivity contribution in [2.45, 2.75) is 57.4 Å². The minimum Gasteiger partial charge on any atom is -0.381 e. The summed E-state index contributed by atoms with van der Waals surface area (Å²) in [6.07, 6.45) is 2.73. The van der Waals surface area contributed by atoms with Gasteiger partial charge in [0.05, 0.1) is 11.1 Å². The molecule has 170 valence electrons. The van der Waals surface area contributed by atoms with Gasteiger partial charge in [0.1, 0.15) is 5.82 Å². The van der Waals surface area contributed by atoms with Crippen LogP contribution in [-0.2, 0) is 20.9 Å². The summed E-state index contributed by atoms with van der Waals surface area (Å²) >= 11 is 0. The first-order valence-electron chi connectivity index (χ1n) is 10.7. The topological polar surface area (TPSA) is 71.5 Å². The lowest BCUT2D eigenvalue weighted by Crippen LogP contribution is -2.49. The van der Waals surface area contributed by atoms with Gasteiger partial charge >= 0.3 is 0 Å². The Morgan fingerprint density at radius 2 is 1.84 bits per heavy atom. The Morgan fingerprint density at radius 3 is 2.50 bits per heavy atom. The number of nitrogens with one attached hydrogen (secondary N) is 1. The zero-order chi connectivity index (χ0) is 23.3. The number of amides is 2. The fourth-order valence-corrected chi connectivity index (χ4v) is 4.21. The number of benzene rings is 1. The molecule has 2 amide bonds. The molecule has 32 heavy (non-hydrogen) atoms. The molecule has 0 unspecified atom stereocenters. The normalized spacial score (nSPS) is 19.6. The van der Waals surface area contributed by atoms with E-state index in [1.165, 1.54) is 23.2 Å². The van der Waals surface area contributed by atoms with Crippen molar-refractivity contribution in [1.29, 1.82) is 0 Å². The number of carbonyl (C=O) groups excluding carboxylic acids is 2. The van der Waals surface area contributed by atoms with Gasteiger partial charge in [0.25, 0.3) is 11.8 Å². The lowest BCUT2D eigenvalue weighted by Gasteiger charge is -2.34. The van der Waals surface area contributed by atoms with Crippen molar-refractivity contribution >= 4 is 23.3 Å². The molecule has 0 atom stereocenters. The fraction of sp³-hybridized carbons (Fsp3) is 0.458. The summed E-state index contributed by atoms with van der Waals surface area (Å²) < 4.78 is 33.1. The predicted molar refractivity (Wildman–Crippen MR) is 116 cm³/mol. The Balaban J connectivity index is 1.69. The SMILES string of the molecule is CC1(NC(=O)c2ccc3c(c2)C(C)(C)C(=O)N3c2cc(C(C)(F)F)ccn2)CCOCC1. The predicted octanol–water partition coefficient (Wildman–Crippen LogP) is 4.45. The lowest BCUT2D eigenvalue weighted by molar-refractivity contribution is -0.121. The Kier molecular flexibility index (Phi) is 5.32. The van der Waals surface area contributed by atoms with Gasteiger partial charge in [-0.3, -0.25) is 14.5 Å². The number of alkyl halides is 2. The van der Waals surface area contributed by atoms with E-state index >= 15 is 0 Å². The third-order valence-electron chi connectivity index (χ3n) is 6.40. The van der Waals surface area contributed by atoms with Crippen molar-refractivity contribution in [2.24, 2.45) is 0 Å². The highest BCUT2D eigenvalue weighted by Gasteiger charge is 2.46. The maximum absolute atomic E-state index is 13.8. The monoisotopic (exact) mass is 443 g/mol. The quantitative estimate of drug-likeness (QED) is 0.758. The highest BCUT2D eigenvalue weighted by atomic mass is 19.3. The minimum absolute atomic E-state index is 0.132. The molecule has 8 heteroatoms. The van der Waals surface area contributed by atoms with Gasteiger partial charge in [-0.05, 0) is 69.5 Å². The van der Waals surface area contributed by atoms with Crippen LogP contribution in [0, 0.1) is 0 Å². The smallest absolute Gasteiger partial charge is 0.270 e. The van der Waals surface area contributed by atoms with Gasteiger partial charge in [0, 0.05) is 43.0 Å². The van der Waals surface area contributed by atoms with Gasteiger partial charge in [0.15, 0.2) is 0 Å². The second kappa shape index (κ2) is 7.62. The van der Waals surface area contributed by atoms with Crippen LogP contribution in [0.4, 0.5) is 20.3 Å². The average molecular weight is 443 g/mol. The molecule has 0 aliphatic carbocycles. The van der Waals surface area contributed by atoms with Gasteiger partial charge < -0.3 is 10.1 Å². The number of hydrogen-bond acceptors (Lipinski definition) is 4. The summed E-state index contributed by atoms with van der Waals surface area (Å²) in [5.74, 6) is -3.43. The number of fused-ring (bicyclic) bond motifs is 1. The highest BCUT2D eigenvalue weighted by molar-refractivity contribution is 6.12. The van der Waals surface area contributed by atoms with Crippen LogP contribution in [0.1, 0.15) is 62.0 Å². The molecule has 0 bridgehead atoms. The largest absolute Gasteiger partial charge is 0.381 e. The van der Waals surface area contributed by atoms with Crippen LogP contribution in [0.2, 0.25) is 0 Å². The molecule has 1 aromatic carbocycles. The number of pyridine rings is 1.